The van der Waals surface area contributed by atoms with E-state index < -0.39 is 0 Å². The van der Waals surface area contributed by atoms with Gasteiger partial charge in [-0.25, -0.2) is 0 Å². The van der Waals surface area contributed by atoms with Crippen molar-refractivity contribution in [1.29, 1.82) is 0 Å². The summed E-state index contributed by atoms with van der Waals surface area (Å²) in [6.07, 6.45) is 1.20. The lowest BCUT2D eigenvalue weighted by atomic mass is 9.83. The molecule has 0 fully saturated rings. The summed E-state index contributed by atoms with van der Waals surface area (Å²) in [5, 5.41) is 13.3. The smallest absolute Gasteiger partial charge is 0.222 e. The first-order valence-corrected chi connectivity index (χ1v) is 7.88. The van der Waals surface area contributed by atoms with Gasteiger partial charge in [0, 0.05) is 26.6 Å². The average molecular weight is 306 g/mol. The van der Waals surface area contributed by atoms with E-state index in [2.05, 4.69) is 26.1 Å². The van der Waals surface area contributed by atoms with Crippen LogP contribution in [0.25, 0.3) is 0 Å². The summed E-state index contributed by atoms with van der Waals surface area (Å²) in [5.74, 6) is 0.520. The van der Waals surface area contributed by atoms with Crippen LogP contribution < -0.4 is 5.32 Å². The molecule has 0 radical (unpaired) electrons. The third-order valence-electron chi connectivity index (χ3n) is 3.92. The van der Waals surface area contributed by atoms with Gasteiger partial charge in [0.05, 0.1) is 0 Å². The Morgan fingerprint density at radius 3 is 2.50 bits per heavy atom. The van der Waals surface area contributed by atoms with Crippen LogP contribution in [0.3, 0.4) is 0 Å². The zero-order valence-corrected chi connectivity index (χ0v) is 14.8. The number of benzene rings is 1. The molecule has 0 saturated carbocycles. The molecule has 0 bridgehead atoms. The lowest BCUT2D eigenvalue weighted by Crippen LogP contribution is -2.32. The van der Waals surface area contributed by atoms with Gasteiger partial charge in [0.25, 0.3) is 0 Å². The van der Waals surface area contributed by atoms with Gasteiger partial charge in [0.15, 0.2) is 0 Å². The molecular formula is C18H30N2O2. The van der Waals surface area contributed by atoms with Crippen LogP contribution in [-0.2, 0) is 16.6 Å². The van der Waals surface area contributed by atoms with Gasteiger partial charge >= 0.3 is 0 Å². The van der Waals surface area contributed by atoms with Crippen LogP contribution in [-0.4, -0.2) is 43.1 Å². The maximum absolute atomic E-state index is 12.1. The third kappa shape index (κ3) is 5.02. The van der Waals surface area contributed by atoms with E-state index in [0.29, 0.717) is 18.6 Å². The lowest BCUT2D eigenvalue weighted by Gasteiger charge is -2.23. The van der Waals surface area contributed by atoms with E-state index in [0.717, 1.165) is 29.8 Å². The van der Waals surface area contributed by atoms with Crippen LogP contribution in [0.2, 0.25) is 0 Å². The van der Waals surface area contributed by atoms with Gasteiger partial charge in [-0.05, 0) is 42.5 Å². The first-order chi connectivity index (χ1) is 10.2. The summed E-state index contributed by atoms with van der Waals surface area (Å²) in [6.45, 7) is 9.69. The number of phenols is 1. The van der Waals surface area contributed by atoms with E-state index in [9.17, 15) is 9.90 Å². The fourth-order valence-electron chi connectivity index (χ4n) is 2.42. The molecule has 22 heavy (non-hydrogen) atoms. The standard InChI is InChI=1S/C18H30N2O2/c1-13-11-14(12-15(17(13)22)18(2,3)4)7-8-16(21)20(6)10-9-19-5/h11-12,19,22H,7-10H2,1-6H3. The van der Waals surface area contributed by atoms with Crippen LogP contribution in [0.15, 0.2) is 12.1 Å². The molecule has 1 rings (SSSR count). The molecule has 2 N–H and O–H groups in total. The van der Waals surface area contributed by atoms with Crippen LogP contribution in [0.4, 0.5) is 0 Å². The van der Waals surface area contributed by atoms with Gasteiger partial charge in [-0.3, -0.25) is 4.79 Å². The second-order valence-electron chi connectivity index (χ2n) is 6.98. The van der Waals surface area contributed by atoms with E-state index >= 15 is 0 Å². The van der Waals surface area contributed by atoms with Gasteiger partial charge in [-0.15, -0.1) is 0 Å². The molecular weight excluding hydrogens is 276 g/mol. The van der Waals surface area contributed by atoms with Gasteiger partial charge in [0.1, 0.15) is 5.75 Å². The zero-order chi connectivity index (χ0) is 16.9. The van der Waals surface area contributed by atoms with E-state index in [1.165, 1.54) is 0 Å². The second-order valence-corrected chi connectivity index (χ2v) is 6.98. The molecule has 4 nitrogen and oxygen atoms in total. The summed E-state index contributed by atoms with van der Waals surface area (Å²) >= 11 is 0. The minimum absolute atomic E-state index is 0.113. The Morgan fingerprint density at radius 2 is 1.95 bits per heavy atom. The fraction of sp³-hybridized carbons (Fsp3) is 0.611. The first kappa shape index (κ1) is 18.5. The molecule has 0 spiro atoms. The fourth-order valence-corrected chi connectivity index (χ4v) is 2.42. The van der Waals surface area contributed by atoms with Gasteiger partial charge < -0.3 is 15.3 Å². The summed E-state index contributed by atoms with van der Waals surface area (Å²) in [7, 11) is 3.72. The highest BCUT2D eigenvalue weighted by atomic mass is 16.3. The monoisotopic (exact) mass is 306 g/mol. The maximum atomic E-state index is 12.1. The van der Waals surface area contributed by atoms with Crippen molar-refractivity contribution in [2.45, 2.75) is 46.0 Å². The van der Waals surface area contributed by atoms with Crippen molar-refractivity contribution in [3.63, 3.8) is 0 Å². The minimum Gasteiger partial charge on any atom is -0.507 e. The molecule has 0 aromatic heterocycles. The van der Waals surface area contributed by atoms with Crippen molar-refractivity contribution in [3.05, 3.63) is 28.8 Å². The Kier molecular flexibility index (Phi) is 6.42. The summed E-state index contributed by atoms with van der Waals surface area (Å²) in [4.78, 5) is 13.9. The number of nitrogens with one attached hydrogen (secondary N) is 1. The molecule has 0 aliphatic heterocycles. The topological polar surface area (TPSA) is 52.6 Å². The number of hydrogen-bond donors (Lipinski definition) is 2. The maximum Gasteiger partial charge on any atom is 0.222 e. The highest BCUT2D eigenvalue weighted by Crippen LogP contribution is 2.34. The van der Waals surface area contributed by atoms with E-state index in [4.69, 9.17) is 0 Å². The number of carbonyl (C=O) groups excluding carboxylic acids is 1. The number of phenolic OH excluding ortho intramolecular Hbond substituents is 1. The number of nitrogens with zero attached hydrogens (tertiary/aromatic N) is 1. The van der Waals surface area contributed by atoms with Crippen molar-refractivity contribution >= 4 is 5.91 Å². The van der Waals surface area contributed by atoms with E-state index in [1.807, 2.05) is 33.2 Å². The van der Waals surface area contributed by atoms with Crippen molar-refractivity contribution in [2.75, 3.05) is 27.2 Å². The number of carbonyl (C=O) groups is 1. The second kappa shape index (κ2) is 7.63. The highest BCUT2D eigenvalue weighted by molar-refractivity contribution is 5.76. The molecule has 0 unspecified atom stereocenters. The Labute approximate surface area is 134 Å². The third-order valence-corrected chi connectivity index (χ3v) is 3.92. The van der Waals surface area contributed by atoms with Gasteiger partial charge in [0.2, 0.25) is 5.91 Å². The SMILES string of the molecule is CNCCN(C)C(=O)CCc1cc(C)c(O)c(C(C)(C)C)c1. The molecule has 0 aliphatic carbocycles. The molecule has 4 heteroatoms. The molecule has 0 saturated heterocycles. The van der Waals surface area contributed by atoms with Gasteiger partial charge in [-0.2, -0.15) is 0 Å². The Balaban J connectivity index is 2.79. The van der Waals surface area contributed by atoms with Crippen molar-refractivity contribution < 1.29 is 9.90 Å². The number of aromatic hydroxyl groups is 1. The highest BCUT2D eigenvalue weighted by Gasteiger charge is 2.20. The largest absolute Gasteiger partial charge is 0.507 e. The minimum atomic E-state index is -0.113. The molecule has 0 atom stereocenters. The number of amides is 1. The van der Waals surface area contributed by atoms with Crippen LogP contribution >= 0.6 is 0 Å². The number of likely N-dealkylation sites (N-methyl/N-ethyl adjacent to an activating group) is 2. The summed E-state index contributed by atoms with van der Waals surface area (Å²) in [6, 6.07) is 4.01. The average Bonchev–Trinajstić information content (AvgIpc) is 2.44. The molecule has 1 amide bonds. The Hall–Kier alpha value is -1.55. The van der Waals surface area contributed by atoms with Crippen LogP contribution in [0, 0.1) is 6.92 Å². The number of aryl methyl sites for hydroxylation is 2. The molecule has 124 valence electrons. The van der Waals surface area contributed by atoms with E-state index in [1.54, 1.807) is 4.90 Å². The van der Waals surface area contributed by atoms with Crippen molar-refractivity contribution in [1.82, 2.24) is 10.2 Å². The van der Waals surface area contributed by atoms with Crippen molar-refractivity contribution in [2.24, 2.45) is 0 Å². The van der Waals surface area contributed by atoms with Crippen LogP contribution in [0.5, 0.6) is 5.75 Å². The molecule has 0 aliphatic rings. The lowest BCUT2D eigenvalue weighted by molar-refractivity contribution is -0.129. The quantitative estimate of drug-likeness (QED) is 0.849. The number of rotatable bonds is 6. The van der Waals surface area contributed by atoms with E-state index in [-0.39, 0.29) is 11.3 Å². The van der Waals surface area contributed by atoms with Crippen LogP contribution in [0.1, 0.15) is 43.9 Å². The molecule has 1 aromatic rings. The number of hydrogen-bond acceptors (Lipinski definition) is 3. The molecule has 0 heterocycles. The predicted molar refractivity (Wildman–Crippen MR) is 91.4 cm³/mol. The Morgan fingerprint density at radius 1 is 1.32 bits per heavy atom. The Bertz CT molecular complexity index is 519. The zero-order valence-electron chi connectivity index (χ0n) is 14.8. The summed E-state index contributed by atoms with van der Waals surface area (Å²) in [5.41, 5.74) is 2.81. The first-order valence-electron chi connectivity index (χ1n) is 7.88. The van der Waals surface area contributed by atoms with Gasteiger partial charge in [-0.1, -0.05) is 32.9 Å². The normalized spacial score (nSPS) is 11.5. The predicted octanol–water partition coefficient (Wildman–Crippen LogP) is 2.61. The summed E-state index contributed by atoms with van der Waals surface area (Å²) < 4.78 is 0. The molecule has 1 aromatic carbocycles. The van der Waals surface area contributed by atoms with Crippen molar-refractivity contribution in [3.8, 4) is 5.75 Å².